The average molecular weight is 493 g/mol. The molecule has 1 aliphatic heterocycles. The molecule has 4 aromatic rings. The number of nitrogens with zero attached hydrogens (tertiary/aromatic N) is 3. The zero-order valence-electron chi connectivity index (χ0n) is 19.1. The number of likely N-dealkylation sites (tertiary alicyclic amines) is 1. The number of carbonyl (C=O) groups is 1. The fourth-order valence-electron chi connectivity index (χ4n) is 4.72. The maximum atomic E-state index is 14.1. The van der Waals surface area contributed by atoms with Crippen molar-refractivity contribution in [3.63, 3.8) is 0 Å². The smallest absolute Gasteiger partial charge is 0.236 e. The lowest BCUT2D eigenvalue weighted by atomic mass is 9.87. The third-order valence-electron chi connectivity index (χ3n) is 6.54. The molecule has 1 amide bonds. The van der Waals surface area contributed by atoms with Crippen molar-refractivity contribution in [2.24, 2.45) is 5.73 Å². The highest BCUT2D eigenvalue weighted by molar-refractivity contribution is 6.33. The van der Waals surface area contributed by atoms with E-state index in [1.165, 1.54) is 6.07 Å². The lowest BCUT2D eigenvalue weighted by Gasteiger charge is -2.32. The summed E-state index contributed by atoms with van der Waals surface area (Å²) in [4.78, 5) is 26.6. The van der Waals surface area contributed by atoms with Crippen LogP contribution in [0.3, 0.4) is 0 Å². The molecule has 1 saturated heterocycles. The third-order valence-corrected chi connectivity index (χ3v) is 6.87. The number of benzene rings is 2. The summed E-state index contributed by atoms with van der Waals surface area (Å²) in [6.45, 7) is 1.57. The molecular formula is C26H26ClFN6O. The van der Waals surface area contributed by atoms with Gasteiger partial charge in [0.1, 0.15) is 5.82 Å². The van der Waals surface area contributed by atoms with E-state index in [9.17, 15) is 9.18 Å². The number of fused-ring (bicyclic) bond motifs is 1. The molecule has 3 heterocycles. The van der Waals surface area contributed by atoms with Crippen molar-refractivity contribution in [1.82, 2.24) is 19.9 Å². The van der Waals surface area contributed by atoms with Gasteiger partial charge in [-0.2, -0.15) is 0 Å². The molecule has 0 aliphatic carbocycles. The topological polar surface area (TPSA) is 99.9 Å². The number of anilines is 1. The molecule has 1 aliphatic rings. The zero-order valence-corrected chi connectivity index (χ0v) is 19.9. The SMILES string of the molecule is NCC(=O)N1CCC(c2c(-c3ccccc3Cl)[nH]c3cnc(NCc4ccccc4F)nc23)CC1. The molecular weight excluding hydrogens is 467 g/mol. The van der Waals surface area contributed by atoms with E-state index in [0.29, 0.717) is 29.6 Å². The van der Waals surface area contributed by atoms with Crippen LogP contribution in [0.5, 0.6) is 0 Å². The fraction of sp³-hybridized carbons (Fsp3) is 0.269. The molecule has 0 atom stereocenters. The standard InChI is InChI=1S/C26H26ClFN6O/c27-19-7-3-2-6-18(19)24-23(16-9-11-34(12-10-16)22(35)13-29)25-21(32-24)15-31-26(33-25)30-14-17-5-1-4-8-20(17)28/h1-8,15-16,32H,9-14,29H2,(H,30,31,33). The number of nitrogens with two attached hydrogens (primary N) is 1. The van der Waals surface area contributed by atoms with Crippen LogP contribution in [-0.4, -0.2) is 45.4 Å². The highest BCUT2D eigenvalue weighted by Gasteiger charge is 2.29. The molecule has 0 unspecified atom stereocenters. The van der Waals surface area contributed by atoms with Crippen LogP contribution in [0.25, 0.3) is 22.3 Å². The van der Waals surface area contributed by atoms with Crippen molar-refractivity contribution in [3.8, 4) is 11.3 Å². The first-order valence-electron chi connectivity index (χ1n) is 11.6. The lowest BCUT2D eigenvalue weighted by molar-refractivity contribution is -0.130. The molecule has 0 spiro atoms. The minimum Gasteiger partial charge on any atom is -0.352 e. The van der Waals surface area contributed by atoms with Gasteiger partial charge in [-0.3, -0.25) is 4.79 Å². The van der Waals surface area contributed by atoms with Gasteiger partial charge in [0.05, 0.1) is 29.5 Å². The highest BCUT2D eigenvalue weighted by Crippen LogP contribution is 2.41. The molecule has 2 aromatic heterocycles. The van der Waals surface area contributed by atoms with E-state index in [4.69, 9.17) is 22.3 Å². The predicted octanol–water partition coefficient (Wildman–Crippen LogP) is 4.69. The first kappa shape index (κ1) is 23.3. The summed E-state index contributed by atoms with van der Waals surface area (Å²) in [5.41, 5.74) is 10.6. The minimum atomic E-state index is -0.275. The van der Waals surface area contributed by atoms with Crippen LogP contribution in [-0.2, 0) is 11.3 Å². The van der Waals surface area contributed by atoms with E-state index < -0.39 is 0 Å². The Morgan fingerprint density at radius 2 is 1.91 bits per heavy atom. The van der Waals surface area contributed by atoms with Gasteiger partial charge in [-0.25, -0.2) is 14.4 Å². The van der Waals surface area contributed by atoms with Crippen LogP contribution in [0, 0.1) is 5.82 Å². The molecule has 7 nitrogen and oxygen atoms in total. The Labute approximate surface area is 207 Å². The molecule has 180 valence electrons. The number of H-pyrrole nitrogens is 1. The molecule has 4 N–H and O–H groups in total. The van der Waals surface area contributed by atoms with E-state index in [2.05, 4.69) is 15.3 Å². The monoisotopic (exact) mass is 492 g/mol. The molecule has 5 rings (SSSR count). The number of nitrogens with one attached hydrogen (secondary N) is 2. The van der Waals surface area contributed by atoms with E-state index in [1.807, 2.05) is 29.2 Å². The number of aromatic amines is 1. The molecule has 0 bridgehead atoms. The Balaban J connectivity index is 1.52. The summed E-state index contributed by atoms with van der Waals surface area (Å²) in [5.74, 6) is 0.285. The van der Waals surface area contributed by atoms with Gasteiger partial charge in [0, 0.05) is 41.3 Å². The number of piperidine rings is 1. The summed E-state index contributed by atoms with van der Waals surface area (Å²) in [6.07, 6.45) is 3.32. The van der Waals surface area contributed by atoms with E-state index in [1.54, 1.807) is 24.4 Å². The molecule has 0 saturated carbocycles. The molecule has 1 fully saturated rings. The van der Waals surface area contributed by atoms with Crippen molar-refractivity contribution in [2.75, 3.05) is 25.0 Å². The number of amides is 1. The van der Waals surface area contributed by atoms with Crippen LogP contribution in [0.15, 0.2) is 54.7 Å². The molecule has 0 radical (unpaired) electrons. The summed E-state index contributed by atoms with van der Waals surface area (Å²) in [7, 11) is 0. The van der Waals surface area contributed by atoms with Gasteiger partial charge in [0.15, 0.2) is 0 Å². The van der Waals surface area contributed by atoms with Crippen molar-refractivity contribution < 1.29 is 9.18 Å². The van der Waals surface area contributed by atoms with Gasteiger partial charge in [-0.1, -0.05) is 48.0 Å². The molecule has 35 heavy (non-hydrogen) atoms. The number of hydrogen-bond acceptors (Lipinski definition) is 5. The second-order valence-electron chi connectivity index (χ2n) is 8.65. The van der Waals surface area contributed by atoms with Crippen LogP contribution >= 0.6 is 11.6 Å². The fourth-order valence-corrected chi connectivity index (χ4v) is 4.95. The average Bonchev–Trinajstić information content (AvgIpc) is 3.26. The Hall–Kier alpha value is -3.49. The number of hydrogen-bond donors (Lipinski definition) is 3. The van der Waals surface area contributed by atoms with Gasteiger partial charge >= 0.3 is 0 Å². The Bertz CT molecular complexity index is 1370. The van der Waals surface area contributed by atoms with Crippen molar-refractivity contribution in [2.45, 2.75) is 25.3 Å². The van der Waals surface area contributed by atoms with Crippen LogP contribution < -0.4 is 11.1 Å². The number of halogens is 2. The first-order valence-corrected chi connectivity index (χ1v) is 12.0. The first-order chi connectivity index (χ1) is 17.0. The van der Waals surface area contributed by atoms with E-state index >= 15 is 0 Å². The minimum absolute atomic E-state index is 0.0207. The van der Waals surface area contributed by atoms with E-state index in [0.717, 1.165) is 40.7 Å². The summed E-state index contributed by atoms with van der Waals surface area (Å²) >= 11 is 6.57. The van der Waals surface area contributed by atoms with Crippen molar-refractivity contribution in [3.05, 3.63) is 76.7 Å². The van der Waals surface area contributed by atoms with Gasteiger partial charge < -0.3 is 20.9 Å². The zero-order chi connectivity index (χ0) is 24.4. The van der Waals surface area contributed by atoms with Crippen LogP contribution in [0.1, 0.15) is 29.9 Å². The van der Waals surface area contributed by atoms with Gasteiger partial charge in [0.25, 0.3) is 0 Å². The number of carbonyl (C=O) groups excluding carboxylic acids is 1. The summed E-state index contributed by atoms with van der Waals surface area (Å²) < 4.78 is 14.1. The quantitative estimate of drug-likeness (QED) is 0.362. The number of rotatable bonds is 6. The normalized spacial score (nSPS) is 14.4. The van der Waals surface area contributed by atoms with Gasteiger partial charge in [-0.05, 0) is 30.9 Å². The summed E-state index contributed by atoms with van der Waals surface area (Å²) in [5, 5.41) is 3.79. The number of aromatic nitrogens is 3. The third kappa shape index (κ3) is 4.72. The largest absolute Gasteiger partial charge is 0.352 e. The Morgan fingerprint density at radius 3 is 2.66 bits per heavy atom. The second-order valence-corrected chi connectivity index (χ2v) is 9.06. The van der Waals surface area contributed by atoms with Gasteiger partial charge in [0.2, 0.25) is 11.9 Å². The van der Waals surface area contributed by atoms with Gasteiger partial charge in [-0.15, -0.1) is 0 Å². The van der Waals surface area contributed by atoms with Crippen LogP contribution in [0.2, 0.25) is 5.02 Å². The van der Waals surface area contributed by atoms with E-state index in [-0.39, 0.29) is 30.7 Å². The lowest BCUT2D eigenvalue weighted by Crippen LogP contribution is -2.41. The Kier molecular flexibility index (Phi) is 6.66. The van der Waals surface area contributed by atoms with Crippen molar-refractivity contribution >= 4 is 34.5 Å². The summed E-state index contributed by atoms with van der Waals surface area (Å²) in [6, 6.07) is 14.3. The molecule has 2 aromatic carbocycles. The Morgan fingerprint density at radius 1 is 1.17 bits per heavy atom. The second kappa shape index (κ2) is 10.0. The predicted molar refractivity (Wildman–Crippen MR) is 136 cm³/mol. The maximum Gasteiger partial charge on any atom is 0.236 e. The highest BCUT2D eigenvalue weighted by atomic mass is 35.5. The van der Waals surface area contributed by atoms with Crippen LogP contribution in [0.4, 0.5) is 10.3 Å². The maximum absolute atomic E-state index is 14.1. The van der Waals surface area contributed by atoms with Crippen molar-refractivity contribution in [1.29, 1.82) is 0 Å². The molecule has 9 heteroatoms.